The zero-order valence-corrected chi connectivity index (χ0v) is 8.06. The van der Waals surface area contributed by atoms with Gasteiger partial charge in [0.1, 0.15) is 5.58 Å². The Bertz CT molecular complexity index is 476. The smallest absolute Gasteiger partial charge is 0.197 e. The maximum absolute atomic E-state index is 11.3. The summed E-state index contributed by atoms with van der Waals surface area (Å²) in [6.45, 7) is 0. The highest BCUT2D eigenvalue weighted by atomic mass is 35.5. The van der Waals surface area contributed by atoms with E-state index in [1.54, 1.807) is 24.3 Å². The fraction of sp³-hybridized carbons (Fsp3) is 0. The molecule has 0 aliphatic carbocycles. The van der Waals surface area contributed by atoms with Gasteiger partial charge in [0.2, 0.25) is 0 Å². The number of halogens is 2. The minimum atomic E-state index is -0.109. The predicted octanol–water partition coefficient (Wildman–Crippen LogP) is 2.87. The highest BCUT2D eigenvalue weighted by Gasteiger charge is 2.00. The highest BCUT2D eigenvalue weighted by Crippen LogP contribution is 2.14. The van der Waals surface area contributed by atoms with Crippen LogP contribution in [0.1, 0.15) is 0 Å². The van der Waals surface area contributed by atoms with Crippen LogP contribution in [0.25, 0.3) is 11.0 Å². The Balaban J connectivity index is 0.000000845. The molecule has 0 atom stereocenters. The van der Waals surface area contributed by atoms with E-state index >= 15 is 0 Å². The number of fused-ring (bicyclic) bond motifs is 1. The summed E-state index contributed by atoms with van der Waals surface area (Å²) in [7, 11) is 0. The maximum Gasteiger partial charge on any atom is 0.197 e. The Morgan fingerprint density at radius 3 is 2.69 bits per heavy atom. The van der Waals surface area contributed by atoms with Gasteiger partial charge in [-0.3, -0.25) is 4.79 Å². The van der Waals surface area contributed by atoms with Crippen LogP contribution in [-0.2, 0) is 0 Å². The summed E-state index contributed by atoms with van der Waals surface area (Å²) >= 11 is 5.56. The minimum absolute atomic E-state index is 0. The lowest BCUT2D eigenvalue weighted by molar-refractivity contribution is 0.605. The second-order valence-corrected chi connectivity index (χ2v) is 2.78. The Morgan fingerprint density at radius 2 is 1.92 bits per heavy atom. The van der Waals surface area contributed by atoms with Crippen LogP contribution in [0.2, 0.25) is 5.22 Å². The first-order valence-electron chi connectivity index (χ1n) is 3.46. The molecule has 2 aromatic rings. The van der Waals surface area contributed by atoms with Gasteiger partial charge < -0.3 is 4.42 Å². The molecule has 0 saturated carbocycles. The summed E-state index contributed by atoms with van der Waals surface area (Å²) in [5.41, 5.74) is 0.414. The molecule has 68 valence electrons. The van der Waals surface area contributed by atoms with Gasteiger partial charge in [0, 0.05) is 6.07 Å². The van der Waals surface area contributed by atoms with Crippen molar-refractivity contribution < 1.29 is 4.42 Å². The third-order valence-corrected chi connectivity index (χ3v) is 1.79. The van der Waals surface area contributed by atoms with E-state index in [0.717, 1.165) is 0 Å². The van der Waals surface area contributed by atoms with Crippen molar-refractivity contribution in [2.75, 3.05) is 0 Å². The second kappa shape index (κ2) is 3.81. The number of benzene rings is 1. The van der Waals surface area contributed by atoms with Gasteiger partial charge in [-0.1, -0.05) is 12.1 Å². The number of para-hydroxylation sites is 1. The van der Waals surface area contributed by atoms with Crippen LogP contribution >= 0.6 is 24.0 Å². The molecule has 13 heavy (non-hydrogen) atoms. The average molecular weight is 217 g/mol. The van der Waals surface area contributed by atoms with Gasteiger partial charge in [0.05, 0.1) is 5.39 Å². The summed E-state index contributed by atoms with van der Waals surface area (Å²) < 4.78 is 5.11. The summed E-state index contributed by atoms with van der Waals surface area (Å²) in [4.78, 5) is 11.3. The third kappa shape index (κ3) is 1.85. The van der Waals surface area contributed by atoms with E-state index in [1.807, 2.05) is 0 Å². The van der Waals surface area contributed by atoms with Gasteiger partial charge in [-0.2, -0.15) is 0 Å². The zero-order chi connectivity index (χ0) is 8.55. The van der Waals surface area contributed by atoms with Crippen LogP contribution in [0, 0.1) is 0 Å². The molecule has 0 fully saturated rings. The standard InChI is InChI=1S/C9H5ClO2.ClH/c10-9-5-7(11)6-3-1-2-4-8(6)12-9;/h1-5H;1H. The molecule has 0 amide bonds. The molecule has 0 spiro atoms. The molecule has 0 aliphatic rings. The third-order valence-electron chi connectivity index (χ3n) is 1.60. The highest BCUT2D eigenvalue weighted by molar-refractivity contribution is 6.29. The predicted molar refractivity (Wildman–Crippen MR) is 54.7 cm³/mol. The van der Waals surface area contributed by atoms with Crippen LogP contribution < -0.4 is 5.43 Å². The molecular formula is C9H6Cl2O2. The van der Waals surface area contributed by atoms with E-state index in [-0.39, 0.29) is 23.1 Å². The van der Waals surface area contributed by atoms with Crippen molar-refractivity contribution in [3.8, 4) is 0 Å². The summed E-state index contributed by atoms with van der Waals surface area (Å²) in [6, 6.07) is 8.26. The molecule has 0 bridgehead atoms. The Labute approximate surface area is 85.5 Å². The molecule has 0 saturated heterocycles. The zero-order valence-electron chi connectivity index (χ0n) is 6.49. The van der Waals surface area contributed by atoms with Gasteiger partial charge in [-0.05, 0) is 23.7 Å². The van der Waals surface area contributed by atoms with Crippen LogP contribution in [0.5, 0.6) is 0 Å². The SMILES string of the molecule is Cl.O=c1cc(Cl)oc2ccccc12. The molecule has 2 rings (SSSR count). The first-order chi connectivity index (χ1) is 5.77. The van der Waals surface area contributed by atoms with Crippen LogP contribution in [-0.4, -0.2) is 0 Å². The van der Waals surface area contributed by atoms with Crippen LogP contribution in [0.15, 0.2) is 39.5 Å². The van der Waals surface area contributed by atoms with Crippen molar-refractivity contribution in [2.45, 2.75) is 0 Å². The number of hydrogen-bond donors (Lipinski definition) is 0. The summed E-state index contributed by atoms with van der Waals surface area (Å²) in [5.74, 6) is 0. The van der Waals surface area contributed by atoms with E-state index in [4.69, 9.17) is 16.0 Å². The van der Waals surface area contributed by atoms with Crippen molar-refractivity contribution in [3.05, 3.63) is 45.8 Å². The molecule has 1 heterocycles. The molecular weight excluding hydrogens is 211 g/mol. The summed E-state index contributed by atoms with van der Waals surface area (Å²) in [5, 5.41) is 0.681. The fourth-order valence-electron chi connectivity index (χ4n) is 1.07. The molecule has 1 aromatic heterocycles. The Kier molecular flexibility index (Phi) is 2.96. The van der Waals surface area contributed by atoms with E-state index in [0.29, 0.717) is 11.0 Å². The summed E-state index contributed by atoms with van der Waals surface area (Å²) in [6.07, 6.45) is 0. The van der Waals surface area contributed by atoms with E-state index < -0.39 is 0 Å². The van der Waals surface area contributed by atoms with E-state index in [2.05, 4.69) is 0 Å². The van der Waals surface area contributed by atoms with Gasteiger partial charge in [-0.15, -0.1) is 12.4 Å². The largest absolute Gasteiger partial charge is 0.444 e. The molecule has 0 radical (unpaired) electrons. The van der Waals surface area contributed by atoms with Gasteiger partial charge in [0.15, 0.2) is 10.6 Å². The number of hydrogen-bond acceptors (Lipinski definition) is 2. The normalized spacial score (nSPS) is 9.62. The minimum Gasteiger partial charge on any atom is -0.444 e. The Morgan fingerprint density at radius 1 is 1.23 bits per heavy atom. The monoisotopic (exact) mass is 216 g/mol. The van der Waals surface area contributed by atoms with Crippen molar-refractivity contribution in [3.63, 3.8) is 0 Å². The molecule has 0 unspecified atom stereocenters. The lowest BCUT2D eigenvalue weighted by Gasteiger charge is -1.94. The molecule has 2 nitrogen and oxygen atoms in total. The topological polar surface area (TPSA) is 30.2 Å². The molecule has 1 aromatic carbocycles. The van der Waals surface area contributed by atoms with Crippen molar-refractivity contribution in [1.29, 1.82) is 0 Å². The average Bonchev–Trinajstić information content (AvgIpc) is 2.04. The van der Waals surface area contributed by atoms with Crippen molar-refractivity contribution in [1.82, 2.24) is 0 Å². The van der Waals surface area contributed by atoms with E-state index in [1.165, 1.54) is 6.07 Å². The molecule has 0 N–H and O–H groups in total. The van der Waals surface area contributed by atoms with Gasteiger partial charge in [0.25, 0.3) is 0 Å². The van der Waals surface area contributed by atoms with Gasteiger partial charge >= 0.3 is 0 Å². The van der Waals surface area contributed by atoms with Gasteiger partial charge in [-0.25, -0.2) is 0 Å². The quantitative estimate of drug-likeness (QED) is 0.679. The Hall–Kier alpha value is -0.990. The maximum atomic E-state index is 11.3. The molecule has 4 heteroatoms. The lowest BCUT2D eigenvalue weighted by Crippen LogP contribution is -1.97. The van der Waals surface area contributed by atoms with Crippen LogP contribution in [0.4, 0.5) is 0 Å². The lowest BCUT2D eigenvalue weighted by atomic mass is 10.2. The van der Waals surface area contributed by atoms with E-state index in [9.17, 15) is 4.79 Å². The fourth-order valence-corrected chi connectivity index (χ4v) is 1.26. The first kappa shape index (κ1) is 10.1. The number of rotatable bonds is 0. The van der Waals surface area contributed by atoms with Crippen LogP contribution in [0.3, 0.4) is 0 Å². The first-order valence-corrected chi connectivity index (χ1v) is 3.83. The van der Waals surface area contributed by atoms with Crippen molar-refractivity contribution in [2.24, 2.45) is 0 Å². The second-order valence-electron chi connectivity index (χ2n) is 2.41. The molecule has 0 aliphatic heterocycles. The van der Waals surface area contributed by atoms with Crippen molar-refractivity contribution >= 4 is 35.0 Å².